The van der Waals surface area contributed by atoms with Crippen LogP contribution in [0, 0.1) is 0 Å². The molecule has 0 aliphatic heterocycles. The largest absolute Gasteiger partial charge is 0.383 e. The van der Waals surface area contributed by atoms with Gasteiger partial charge in [0.15, 0.2) is 0 Å². The van der Waals surface area contributed by atoms with Gasteiger partial charge in [0.2, 0.25) is 5.95 Å². The molecular formula is C12H22N4O. The molecule has 0 fully saturated rings. The summed E-state index contributed by atoms with van der Waals surface area (Å²) in [6.45, 7) is 4.53. The molecule has 5 heteroatoms. The van der Waals surface area contributed by atoms with Gasteiger partial charge in [0, 0.05) is 26.4 Å². The zero-order valence-electron chi connectivity index (χ0n) is 10.7. The highest BCUT2D eigenvalue weighted by Gasteiger charge is 1.97. The van der Waals surface area contributed by atoms with Crippen molar-refractivity contribution in [3.05, 3.63) is 12.3 Å². The molecule has 0 aliphatic rings. The molecule has 0 saturated carbocycles. The van der Waals surface area contributed by atoms with Gasteiger partial charge >= 0.3 is 0 Å². The molecule has 0 aliphatic carbocycles. The van der Waals surface area contributed by atoms with Crippen molar-refractivity contribution in [2.75, 3.05) is 37.4 Å². The number of nitrogens with zero attached hydrogens (tertiary/aromatic N) is 2. The van der Waals surface area contributed by atoms with E-state index < -0.39 is 0 Å². The van der Waals surface area contributed by atoms with E-state index in [4.69, 9.17) is 4.74 Å². The van der Waals surface area contributed by atoms with Crippen LogP contribution in [0.15, 0.2) is 12.3 Å². The van der Waals surface area contributed by atoms with Crippen molar-refractivity contribution >= 4 is 11.8 Å². The topological polar surface area (TPSA) is 59.1 Å². The molecule has 1 rings (SSSR count). The zero-order valence-corrected chi connectivity index (χ0v) is 10.7. The fraction of sp³-hybridized carbons (Fsp3) is 0.667. The van der Waals surface area contributed by atoms with Gasteiger partial charge in [-0.05, 0) is 12.5 Å². The van der Waals surface area contributed by atoms with E-state index in [1.165, 1.54) is 19.3 Å². The lowest BCUT2D eigenvalue weighted by Gasteiger charge is -2.07. The summed E-state index contributed by atoms with van der Waals surface area (Å²) in [6.07, 6.45) is 5.41. The van der Waals surface area contributed by atoms with Crippen LogP contribution in [0.4, 0.5) is 11.8 Å². The summed E-state index contributed by atoms with van der Waals surface area (Å²) >= 11 is 0. The molecule has 1 heterocycles. The van der Waals surface area contributed by atoms with Crippen molar-refractivity contribution in [1.29, 1.82) is 0 Å². The number of ether oxygens (including phenoxy) is 1. The summed E-state index contributed by atoms with van der Waals surface area (Å²) < 4.78 is 4.95. The summed E-state index contributed by atoms with van der Waals surface area (Å²) in [6, 6.07) is 1.88. The van der Waals surface area contributed by atoms with Gasteiger partial charge in [-0.15, -0.1) is 0 Å². The Hall–Kier alpha value is -1.36. The number of aromatic nitrogens is 2. The summed E-state index contributed by atoms with van der Waals surface area (Å²) in [5.41, 5.74) is 0. The van der Waals surface area contributed by atoms with E-state index in [9.17, 15) is 0 Å². The van der Waals surface area contributed by atoms with E-state index in [0.29, 0.717) is 12.6 Å². The number of unbranched alkanes of at least 4 members (excludes halogenated alkanes) is 2. The normalized spacial score (nSPS) is 10.2. The molecule has 0 aromatic carbocycles. The average Bonchev–Trinajstić information content (AvgIpc) is 2.36. The van der Waals surface area contributed by atoms with Crippen molar-refractivity contribution in [2.45, 2.75) is 26.2 Å². The number of hydrogen-bond acceptors (Lipinski definition) is 5. The maximum absolute atomic E-state index is 4.95. The second kappa shape index (κ2) is 8.75. The Morgan fingerprint density at radius 2 is 2.12 bits per heavy atom. The minimum absolute atomic E-state index is 0.641. The molecule has 0 spiro atoms. The van der Waals surface area contributed by atoms with E-state index in [2.05, 4.69) is 27.5 Å². The summed E-state index contributed by atoms with van der Waals surface area (Å²) in [5, 5.41) is 6.39. The maximum Gasteiger partial charge on any atom is 0.224 e. The molecular weight excluding hydrogens is 216 g/mol. The van der Waals surface area contributed by atoms with E-state index in [-0.39, 0.29) is 0 Å². The smallest absolute Gasteiger partial charge is 0.224 e. The molecule has 0 atom stereocenters. The molecule has 0 amide bonds. The number of rotatable bonds is 9. The summed E-state index contributed by atoms with van der Waals surface area (Å²) in [7, 11) is 1.67. The highest BCUT2D eigenvalue weighted by Crippen LogP contribution is 2.05. The molecule has 0 radical (unpaired) electrons. The number of hydrogen-bond donors (Lipinski definition) is 2. The lowest BCUT2D eigenvalue weighted by atomic mass is 10.2. The molecule has 96 valence electrons. The SMILES string of the molecule is CCCCCNc1ccnc(NCCOC)n1. The van der Waals surface area contributed by atoms with Gasteiger partial charge in [-0.3, -0.25) is 0 Å². The van der Waals surface area contributed by atoms with Crippen LogP contribution >= 0.6 is 0 Å². The van der Waals surface area contributed by atoms with Gasteiger partial charge in [0.05, 0.1) is 6.61 Å². The molecule has 0 bridgehead atoms. The predicted molar refractivity (Wildman–Crippen MR) is 70.4 cm³/mol. The van der Waals surface area contributed by atoms with Crippen LogP contribution in [-0.2, 0) is 4.74 Å². The van der Waals surface area contributed by atoms with Crippen LogP contribution in [-0.4, -0.2) is 36.8 Å². The average molecular weight is 238 g/mol. The highest BCUT2D eigenvalue weighted by atomic mass is 16.5. The zero-order chi connectivity index (χ0) is 12.3. The van der Waals surface area contributed by atoms with Gasteiger partial charge in [0.25, 0.3) is 0 Å². The van der Waals surface area contributed by atoms with Crippen LogP contribution in [0.2, 0.25) is 0 Å². The van der Waals surface area contributed by atoms with Crippen molar-refractivity contribution in [3.63, 3.8) is 0 Å². The third kappa shape index (κ3) is 6.06. The molecule has 2 N–H and O–H groups in total. The Kier molecular flexibility index (Phi) is 7.06. The Labute approximate surface area is 103 Å². The van der Waals surface area contributed by atoms with Gasteiger partial charge < -0.3 is 15.4 Å². The standard InChI is InChI=1S/C12H22N4O/c1-3-4-5-7-13-11-6-8-14-12(16-11)15-9-10-17-2/h6,8H,3-5,7,9-10H2,1-2H3,(H2,13,14,15,16). The number of nitrogens with one attached hydrogen (secondary N) is 2. The lowest BCUT2D eigenvalue weighted by molar-refractivity contribution is 0.210. The van der Waals surface area contributed by atoms with Gasteiger partial charge in [0.1, 0.15) is 5.82 Å². The molecule has 5 nitrogen and oxygen atoms in total. The second-order valence-electron chi connectivity index (χ2n) is 3.82. The first kappa shape index (κ1) is 13.7. The molecule has 1 aromatic rings. The van der Waals surface area contributed by atoms with Gasteiger partial charge in [-0.1, -0.05) is 19.8 Å². The van der Waals surface area contributed by atoms with E-state index in [0.717, 1.165) is 18.9 Å². The highest BCUT2D eigenvalue weighted by molar-refractivity contribution is 5.39. The Morgan fingerprint density at radius 3 is 2.88 bits per heavy atom. The van der Waals surface area contributed by atoms with Gasteiger partial charge in [-0.2, -0.15) is 4.98 Å². The Morgan fingerprint density at radius 1 is 1.24 bits per heavy atom. The molecule has 0 saturated heterocycles. The van der Waals surface area contributed by atoms with Crippen LogP contribution in [0.3, 0.4) is 0 Å². The first-order valence-corrected chi connectivity index (χ1v) is 6.16. The fourth-order valence-electron chi connectivity index (χ4n) is 1.40. The van der Waals surface area contributed by atoms with Crippen LogP contribution in [0.5, 0.6) is 0 Å². The fourth-order valence-corrected chi connectivity index (χ4v) is 1.40. The summed E-state index contributed by atoms with van der Waals surface area (Å²) in [5.74, 6) is 1.51. The third-order valence-electron chi connectivity index (χ3n) is 2.33. The first-order valence-electron chi connectivity index (χ1n) is 6.16. The monoisotopic (exact) mass is 238 g/mol. The molecule has 17 heavy (non-hydrogen) atoms. The number of methoxy groups -OCH3 is 1. The minimum Gasteiger partial charge on any atom is -0.383 e. The van der Waals surface area contributed by atoms with Crippen molar-refractivity contribution in [1.82, 2.24) is 9.97 Å². The lowest BCUT2D eigenvalue weighted by Crippen LogP contribution is -2.11. The van der Waals surface area contributed by atoms with E-state index in [1.807, 2.05) is 6.07 Å². The van der Waals surface area contributed by atoms with Crippen LogP contribution in [0.1, 0.15) is 26.2 Å². The molecule has 0 unspecified atom stereocenters. The Balaban J connectivity index is 2.31. The van der Waals surface area contributed by atoms with Crippen molar-refractivity contribution in [2.24, 2.45) is 0 Å². The molecule has 1 aromatic heterocycles. The predicted octanol–water partition coefficient (Wildman–Crippen LogP) is 2.14. The second-order valence-corrected chi connectivity index (χ2v) is 3.82. The Bertz CT molecular complexity index is 306. The van der Waals surface area contributed by atoms with Crippen LogP contribution in [0.25, 0.3) is 0 Å². The van der Waals surface area contributed by atoms with Gasteiger partial charge in [-0.25, -0.2) is 4.98 Å². The van der Waals surface area contributed by atoms with Crippen molar-refractivity contribution in [3.8, 4) is 0 Å². The van der Waals surface area contributed by atoms with E-state index >= 15 is 0 Å². The number of anilines is 2. The van der Waals surface area contributed by atoms with Crippen LogP contribution < -0.4 is 10.6 Å². The minimum atomic E-state index is 0.641. The first-order chi connectivity index (χ1) is 8.36. The maximum atomic E-state index is 4.95. The quantitative estimate of drug-likeness (QED) is 0.645. The van der Waals surface area contributed by atoms with E-state index in [1.54, 1.807) is 13.3 Å². The summed E-state index contributed by atoms with van der Waals surface area (Å²) in [4.78, 5) is 8.49. The third-order valence-corrected chi connectivity index (χ3v) is 2.33. The van der Waals surface area contributed by atoms with Crippen molar-refractivity contribution < 1.29 is 4.74 Å².